The van der Waals surface area contributed by atoms with E-state index in [0.29, 0.717) is 0 Å². The maximum Gasteiger partial charge on any atom is 0.128 e. The van der Waals surface area contributed by atoms with E-state index < -0.39 is 11.6 Å². The molecular formula is C13H11BrF2N2. The van der Waals surface area contributed by atoms with Gasteiger partial charge in [0.1, 0.15) is 16.2 Å². The number of nitrogens with one attached hydrogen (secondary N) is 1. The molecule has 0 bridgehead atoms. The van der Waals surface area contributed by atoms with Gasteiger partial charge in [0.05, 0.1) is 11.4 Å². The Morgan fingerprint density at radius 3 is 2.72 bits per heavy atom. The molecule has 18 heavy (non-hydrogen) atoms. The van der Waals surface area contributed by atoms with Crippen LogP contribution in [0.25, 0.3) is 0 Å². The molecule has 1 heterocycles. The second-order valence-electron chi connectivity index (χ2n) is 3.86. The summed E-state index contributed by atoms with van der Waals surface area (Å²) in [4.78, 5) is 4.21. The molecule has 2 nitrogen and oxygen atoms in total. The number of aryl methyl sites for hydroxylation is 1. The lowest BCUT2D eigenvalue weighted by molar-refractivity contribution is 0.587. The van der Waals surface area contributed by atoms with Crippen molar-refractivity contribution >= 4 is 21.6 Å². The number of hydrogen-bond acceptors (Lipinski definition) is 2. The molecule has 1 aromatic carbocycles. The molecule has 2 aromatic rings. The fraction of sp³-hybridized carbons (Fsp3) is 0.154. The quantitative estimate of drug-likeness (QED) is 0.865. The SMILES string of the molecule is Cc1nc(Br)ccc1NCc1cc(F)ccc1F. The second-order valence-corrected chi connectivity index (χ2v) is 4.67. The predicted octanol–water partition coefficient (Wildman–Crippen LogP) is 4.04. The summed E-state index contributed by atoms with van der Waals surface area (Å²) < 4.78 is 27.1. The van der Waals surface area contributed by atoms with Gasteiger partial charge in [0.15, 0.2) is 0 Å². The number of halogens is 3. The summed E-state index contributed by atoms with van der Waals surface area (Å²) in [5, 5.41) is 3.03. The van der Waals surface area contributed by atoms with Gasteiger partial charge in [-0.1, -0.05) is 0 Å². The monoisotopic (exact) mass is 312 g/mol. The van der Waals surface area contributed by atoms with E-state index >= 15 is 0 Å². The highest BCUT2D eigenvalue weighted by molar-refractivity contribution is 9.10. The van der Waals surface area contributed by atoms with E-state index in [1.165, 1.54) is 6.07 Å². The van der Waals surface area contributed by atoms with E-state index in [9.17, 15) is 8.78 Å². The van der Waals surface area contributed by atoms with Crippen molar-refractivity contribution in [2.45, 2.75) is 13.5 Å². The molecule has 0 atom stereocenters. The molecule has 0 fully saturated rings. The van der Waals surface area contributed by atoms with Crippen molar-refractivity contribution < 1.29 is 8.78 Å². The Morgan fingerprint density at radius 2 is 2.00 bits per heavy atom. The molecule has 0 spiro atoms. The third kappa shape index (κ3) is 3.04. The molecular weight excluding hydrogens is 302 g/mol. The lowest BCUT2D eigenvalue weighted by atomic mass is 10.2. The number of aromatic nitrogens is 1. The van der Waals surface area contributed by atoms with Crippen LogP contribution < -0.4 is 5.32 Å². The fourth-order valence-electron chi connectivity index (χ4n) is 1.59. The summed E-state index contributed by atoms with van der Waals surface area (Å²) in [5.74, 6) is -0.870. The molecule has 1 aromatic heterocycles. The van der Waals surface area contributed by atoms with Gasteiger partial charge in [-0.05, 0) is 53.2 Å². The van der Waals surface area contributed by atoms with Gasteiger partial charge < -0.3 is 5.32 Å². The van der Waals surface area contributed by atoms with E-state index in [4.69, 9.17) is 0 Å². The number of benzene rings is 1. The Labute approximate surface area is 112 Å². The van der Waals surface area contributed by atoms with Crippen LogP contribution in [-0.4, -0.2) is 4.98 Å². The van der Waals surface area contributed by atoms with Crippen LogP contribution in [0, 0.1) is 18.6 Å². The van der Waals surface area contributed by atoms with Gasteiger partial charge in [0.25, 0.3) is 0 Å². The topological polar surface area (TPSA) is 24.9 Å². The first kappa shape index (κ1) is 13.0. The molecule has 0 saturated heterocycles. The van der Waals surface area contributed by atoms with Crippen molar-refractivity contribution in [3.05, 3.63) is 57.8 Å². The molecule has 2 rings (SSSR count). The zero-order valence-electron chi connectivity index (χ0n) is 9.67. The van der Waals surface area contributed by atoms with Crippen molar-refractivity contribution in [1.82, 2.24) is 4.98 Å². The standard InChI is InChI=1S/C13H11BrF2N2/c1-8-12(4-5-13(14)18-8)17-7-9-6-10(15)2-3-11(9)16/h2-6,17H,7H2,1H3. The normalized spacial score (nSPS) is 10.4. The molecule has 94 valence electrons. The van der Waals surface area contributed by atoms with Crippen molar-refractivity contribution in [3.63, 3.8) is 0 Å². The average Bonchev–Trinajstić information content (AvgIpc) is 2.32. The number of hydrogen-bond donors (Lipinski definition) is 1. The van der Waals surface area contributed by atoms with Gasteiger partial charge in [-0.15, -0.1) is 0 Å². The molecule has 0 amide bonds. The van der Waals surface area contributed by atoms with Crippen LogP contribution in [0.1, 0.15) is 11.3 Å². The lowest BCUT2D eigenvalue weighted by Crippen LogP contribution is -2.04. The molecule has 0 radical (unpaired) electrons. The predicted molar refractivity (Wildman–Crippen MR) is 70.4 cm³/mol. The number of rotatable bonds is 3. The van der Waals surface area contributed by atoms with Gasteiger partial charge in [-0.25, -0.2) is 13.8 Å². The molecule has 0 aliphatic carbocycles. The van der Waals surface area contributed by atoms with Crippen LogP contribution in [0.4, 0.5) is 14.5 Å². The molecule has 5 heteroatoms. The molecule has 0 saturated carbocycles. The minimum absolute atomic E-state index is 0.216. The van der Waals surface area contributed by atoms with Crippen molar-refractivity contribution in [1.29, 1.82) is 0 Å². The first-order valence-electron chi connectivity index (χ1n) is 5.37. The van der Waals surface area contributed by atoms with Gasteiger partial charge >= 0.3 is 0 Å². The summed E-state index contributed by atoms with van der Waals surface area (Å²) in [6, 6.07) is 7.04. The average molecular weight is 313 g/mol. The van der Waals surface area contributed by atoms with Gasteiger partial charge in [-0.2, -0.15) is 0 Å². The van der Waals surface area contributed by atoms with Gasteiger partial charge in [0.2, 0.25) is 0 Å². The van der Waals surface area contributed by atoms with Gasteiger partial charge in [-0.3, -0.25) is 0 Å². The van der Waals surface area contributed by atoms with E-state index in [0.717, 1.165) is 28.1 Å². The molecule has 1 N–H and O–H groups in total. The minimum atomic E-state index is -0.446. The highest BCUT2D eigenvalue weighted by Crippen LogP contribution is 2.18. The number of anilines is 1. The highest BCUT2D eigenvalue weighted by Gasteiger charge is 2.05. The zero-order chi connectivity index (χ0) is 13.1. The van der Waals surface area contributed by atoms with E-state index in [1.54, 1.807) is 6.07 Å². The maximum absolute atomic E-state index is 13.4. The van der Waals surface area contributed by atoms with Crippen molar-refractivity contribution in [3.8, 4) is 0 Å². The first-order chi connectivity index (χ1) is 8.56. The van der Waals surface area contributed by atoms with Crippen LogP contribution in [0.5, 0.6) is 0 Å². The number of nitrogens with zero attached hydrogens (tertiary/aromatic N) is 1. The van der Waals surface area contributed by atoms with Crippen LogP contribution in [-0.2, 0) is 6.54 Å². The smallest absolute Gasteiger partial charge is 0.128 e. The highest BCUT2D eigenvalue weighted by atomic mass is 79.9. The molecule has 0 aliphatic rings. The summed E-state index contributed by atoms with van der Waals surface area (Å²) in [6.07, 6.45) is 0. The van der Waals surface area contributed by atoms with Gasteiger partial charge in [0, 0.05) is 12.1 Å². The summed E-state index contributed by atoms with van der Waals surface area (Å²) >= 11 is 3.26. The third-order valence-corrected chi connectivity index (χ3v) is 2.97. The summed E-state index contributed by atoms with van der Waals surface area (Å²) in [7, 11) is 0. The minimum Gasteiger partial charge on any atom is -0.379 e. The zero-order valence-corrected chi connectivity index (χ0v) is 11.3. The third-order valence-electron chi connectivity index (χ3n) is 2.53. The van der Waals surface area contributed by atoms with Crippen molar-refractivity contribution in [2.75, 3.05) is 5.32 Å². The van der Waals surface area contributed by atoms with Crippen LogP contribution in [0.15, 0.2) is 34.9 Å². The second kappa shape index (κ2) is 5.44. The number of pyridine rings is 1. The first-order valence-corrected chi connectivity index (χ1v) is 6.16. The lowest BCUT2D eigenvalue weighted by Gasteiger charge is -2.10. The Morgan fingerprint density at radius 1 is 1.22 bits per heavy atom. The van der Waals surface area contributed by atoms with Crippen LogP contribution in [0.3, 0.4) is 0 Å². The van der Waals surface area contributed by atoms with E-state index in [1.807, 2.05) is 13.0 Å². The Bertz CT molecular complexity index is 573. The summed E-state index contributed by atoms with van der Waals surface area (Å²) in [5.41, 5.74) is 1.88. The summed E-state index contributed by atoms with van der Waals surface area (Å²) in [6.45, 7) is 2.06. The largest absolute Gasteiger partial charge is 0.379 e. The molecule has 0 aliphatic heterocycles. The molecule has 0 unspecified atom stereocenters. The fourth-order valence-corrected chi connectivity index (χ4v) is 1.98. The Kier molecular flexibility index (Phi) is 3.91. The van der Waals surface area contributed by atoms with Crippen LogP contribution >= 0.6 is 15.9 Å². The Hall–Kier alpha value is -1.49. The van der Waals surface area contributed by atoms with E-state index in [2.05, 4.69) is 26.2 Å². The Balaban J connectivity index is 2.13. The maximum atomic E-state index is 13.4. The van der Waals surface area contributed by atoms with E-state index in [-0.39, 0.29) is 12.1 Å². The van der Waals surface area contributed by atoms with Crippen molar-refractivity contribution in [2.24, 2.45) is 0 Å². The van der Waals surface area contributed by atoms with Crippen LogP contribution in [0.2, 0.25) is 0 Å².